The molecule has 12 atom stereocenters. The highest BCUT2D eigenvalue weighted by molar-refractivity contribution is 5.76. The van der Waals surface area contributed by atoms with Crippen molar-refractivity contribution in [2.45, 2.75) is 434 Å². The van der Waals surface area contributed by atoms with E-state index in [0.29, 0.717) is 12.8 Å². The van der Waals surface area contributed by atoms with E-state index >= 15 is 0 Å². The fourth-order valence-corrected chi connectivity index (χ4v) is 13.4. The number of hydrogen-bond donors (Lipinski definition) is 9. The maximum absolute atomic E-state index is 13.4. The number of aliphatic hydroxyl groups excluding tert-OH is 8. The van der Waals surface area contributed by atoms with Gasteiger partial charge in [-0.3, -0.25) is 4.79 Å². The summed E-state index contributed by atoms with van der Waals surface area (Å²) < 4.78 is 22.9. The molecule has 0 spiro atoms. The van der Waals surface area contributed by atoms with Crippen molar-refractivity contribution in [3.63, 3.8) is 0 Å². The highest BCUT2D eigenvalue weighted by Gasteiger charge is 2.51. The Bertz CT molecular complexity index is 1920. The number of unbranched alkanes of at least 4 members (excludes halogenated alkanes) is 46. The second kappa shape index (κ2) is 67.6. The van der Waals surface area contributed by atoms with Crippen LogP contribution in [0.15, 0.2) is 72.9 Å². The second-order valence-corrected chi connectivity index (χ2v) is 28.9. The van der Waals surface area contributed by atoms with E-state index in [2.05, 4.69) is 79.9 Å². The molecule has 2 aliphatic rings. The topological polar surface area (TPSA) is 228 Å². The van der Waals surface area contributed by atoms with Gasteiger partial charge in [0.2, 0.25) is 5.91 Å². The molecule has 12 unspecified atom stereocenters. The van der Waals surface area contributed by atoms with Gasteiger partial charge in [-0.2, -0.15) is 0 Å². The molecule has 2 rings (SSSR count). The predicted molar refractivity (Wildman–Crippen MR) is 406 cm³/mol. The zero-order chi connectivity index (χ0) is 70.8. The van der Waals surface area contributed by atoms with Crippen molar-refractivity contribution in [3.8, 4) is 0 Å². The van der Waals surface area contributed by atoms with E-state index in [-0.39, 0.29) is 18.9 Å². The lowest BCUT2D eigenvalue weighted by molar-refractivity contribution is -0.359. The molecule has 0 saturated carbocycles. The Labute approximate surface area is 599 Å². The third-order valence-electron chi connectivity index (χ3n) is 19.9. The Kier molecular flexibility index (Phi) is 63.1. The number of amides is 1. The first-order chi connectivity index (χ1) is 48.1. The molecular formula is C84H153NO13. The highest BCUT2D eigenvalue weighted by atomic mass is 16.7. The smallest absolute Gasteiger partial charge is 0.220 e. The summed E-state index contributed by atoms with van der Waals surface area (Å²) in [7, 11) is 0. The van der Waals surface area contributed by atoms with Gasteiger partial charge in [0, 0.05) is 6.42 Å². The van der Waals surface area contributed by atoms with Gasteiger partial charge >= 0.3 is 0 Å². The van der Waals surface area contributed by atoms with E-state index in [4.69, 9.17) is 18.9 Å². The molecule has 0 radical (unpaired) electrons. The molecule has 0 bridgehead atoms. The Morgan fingerprint density at radius 1 is 0.378 bits per heavy atom. The SMILES string of the molecule is CC/C=C\C/C=C\C/C=C\C/C=C\CCCCCCCCCCCCCCCCCCCCCCCCC(=O)NC(COC1OC(CO)C(OC2OC(CO)C(O)C(O)C2O)C(O)C1O)C(O)/C=C/CC/C=C/CCCCCCCCCCCCCCCCCCCCCCCCC. The molecule has 0 aromatic heterocycles. The number of carbonyl (C=O) groups is 1. The third-order valence-corrected chi connectivity index (χ3v) is 19.9. The maximum Gasteiger partial charge on any atom is 0.220 e. The minimum absolute atomic E-state index is 0.243. The fraction of sp³-hybridized carbons (Fsp3) is 0.845. The van der Waals surface area contributed by atoms with Gasteiger partial charge in [-0.1, -0.05) is 356 Å². The van der Waals surface area contributed by atoms with Crippen molar-refractivity contribution in [3.05, 3.63) is 72.9 Å². The second-order valence-electron chi connectivity index (χ2n) is 28.9. The summed E-state index contributed by atoms with van der Waals surface area (Å²) in [5.74, 6) is -0.243. The Hall–Kier alpha value is -2.57. The molecule has 2 aliphatic heterocycles. The molecular weight excluding hydrogens is 1230 g/mol. The van der Waals surface area contributed by atoms with E-state index in [1.165, 1.54) is 270 Å². The average molecular weight is 1390 g/mol. The van der Waals surface area contributed by atoms with Crippen molar-refractivity contribution < 1.29 is 64.6 Å². The molecule has 0 aliphatic carbocycles. The van der Waals surface area contributed by atoms with Crippen LogP contribution < -0.4 is 5.32 Å². The first kappa shape index (κ1) is 91.5. The van der Waals surface area contributed by atoms with Crippen LogP contribution in [0.5, 0.6) is 0 Å². The third kappa shape index (κ3) is 49.9. The summed E-state index contributed by atoms with van der Waals surface area (Å²) in [5, 5.41) is 87.7. The van der Waals surface area contributed by atoms with Crippen molar-refractivity contribution in [2.24, 2.45) is 0 Å². The van der Waals surface area contributed by atoms with Crippen LogP contribution in [0, 0.1) is 0 Å². The molecule has 2 saturated heterocycles. The van der Waals surface area contributed by atoms with Crippen molar-refractivity contribution in [1.82, 2.24) is 5.32 Å². The van der Waals surface area contributed by atoms with Crippen LogP contribution in [-0.2, 0) is 23.7 Å². The number of nitrogens with one attached hydrogen (secondary N) is 1. The Morgan fingerprint density at radius 3 is 1.12 bits per heavy atom. The van der Waals surface area contributed by atoms with Crippen molar-refractivity contribution in [2.75, 3.05) is 19.8 Å². The first-order valence-electron chi connectivity index (χ1n) is 41.2. The lowest BCUT2D eigenvalue weighted by atomic mass is 9.97. The maximum atomic E-state index is 13.4. The van der Waals surface area contributed by atoms with E-state index in [1.807, 2.05) is 6.08 Å². The number of ether oxygens (including phenoxy) is 4. The zero-order valence-electron chi connectivity index (χ0n) is 62.8. The lowest BCUT2D eigenvalue weighted by Gasteiger charge is -2.46. The van der Waals surface area contributed by atoms with Gasteiger partial charge in [-0.15, -0.1) is 0 Å². The summed E-state index contributed by atoms with van der Waals surface area (Å²) in [6.45, 7) is 2.73. The summed E-state index contributed by atoms with van der Waals surface area (Å²) in [6, 6.07) is -0.935. The number of allylic oxidation sites excluding steroid dienone is 11. The summed E-state index contributed by atoms with van der Waals surface area (Å²) in [6.07, 6.45) is 77.1. The molecule has 2 heterocycles. The minimum Gasteiger partial charge on any atom is -0.394 e. The number of aliphatic hydroxyl groups is 8. The lowest BCUT2D eigenvalue weighted by Crippen LogP contribution is -2.65. The van der Waals surface area contributed by atoms with Crippen LogP contribution in [-0.4, -0.2) is 140 Å². The van der Waals surface area contributed by atoms with Gasteiger partial charge < -0.3 is 65.1 Å². The molecule has 0 aromatic carbocycles. The van der Waals surface area contributed by atoms with Crippen LogP contribution in [0.1, 0.15) is 361 Å². The first-order valence-corrected chi connectivity index (χ1v) is 41.2. The summed E-state index contributed by atoms with van der Waals surface area (Å²) in [5.41, 5.74) is 0. The molecule has 2 fully saturated rings. The quantitative estimate of drug-likeness (QED) is 0.0204. The Balaban J connectivity index is 1.61. The van der Waals surface area contributed by atoms with Gasteiger partial charge in [0.05, 0.1) is 32.0 Å². The van der Waals surface area contributed by atoms with Crippen LogP contribution in [0.3, 0.4) is 0 Å². The largest absolute Gasteiger partial charge is 0.394 e. The standard InChI is InChI=1S/C84H153NO13/c1-3-5-7-9-11-13-15-17-19-21-23-25-27-29-31-33-34-35-36-37-38-40-42-44-46-48-50-52-54-56-58-60-62-64-66-68-76(89)85-72(71-95-83-81(94)79(92)82(75(70-87)97-83)98-84-80(93)78(91)77(90)74(69-86)96-84)73(88)67-65-63-61-59-57-55-53-51-49-47-45-43-41-39-32-30-28-26-24-22-20-18-16-14-12-10-8-6-4-2/h5,7,11,13,17,19,23,25,57,59,65,67,72-75,77-84,86-88,90-94H,3-4,6,8-10,12,14-16,18,20-22,24,26-56,58,60-64,66,68-71H2,1-2H3,(H,85,89)/b7-5-,13-11-,19-17-,25-23-,59-57+,67-65+. The number of carbonyl (C=O) groups excluding carboxylic acids is 1. The highest BCUT2D eigenvalue weighted by Crippen LogP contribution is 2.30. The van der Waals surface area contributed by atoms with E-state index < -0.39 is 86.8 Å². The predicted octanol–water partition coefficient (Wildman–Crippen LogP) is 18.9. The van der Waals surface area contributed by atoms with E-state index in [9.17, 15) is 45.6 Å². The molecule has 0 aromatic rings. The van der Waals surface area contributed by atoms with Crippen LogP contribution >= 0.6 is 0 Å². The minimum atomic E-state index is -1.79. The van der Waals surface area contributed by atoms with Crippen molar-refractivity contribution in [1.29, 1.82) is 0 Å². The number of hydrogen-bond acceptors (Lipinski definition) is 13. The van der Waals surface area contributed by atoms with Crippen LogP contribution in [0.4, 0.5) is 0 Å². The van der Waals surface area contributed by atoms with Gasteiger partial charge in [0.15, 0.2) is 12.6 Å². The average Bonchev–Trinajstić information content (AvgIpc) is 0.797. The molecule has 1 amide bonds. The molecule has 14 nitrogen and oxygen atoms in total. The summed E-state index contributed by atoms with van der Waals surface area (Å²) >= 11 is 0. The molecule has 14 heteroatoms. The van der Waals surface area contributed by atoms with Crippen LogP contribution in [0.25, 0.3) is 0 Å². The van der Waals surface area contributed by atoms with E-state index in [1.54, 1.807) is 6.08 Å². The van der Waals surface area contributed by atoms with Crippen molar-refractivity contribution >= 4 is 5.91 Å². The van der Waals surface area contributed by atoms with Gasteiger partial charge in [-0.05, 0) is 70.6 Å². The zero-order valence-corrected chi connectivity index (χ0v) is 62.8. The monoisotopic (exact) mass is 1380 g/mol. The van der Waals surface area contributed by atoms with Gasteiger partial charge in [0.25, 0.3) is 0 Å². The van der Waals surface area contributed by atoms with E-state index in [0.717, 1.165) is 57.8 Å². The number of rotatable bonds is 69. The molecule has 572 valence electrons. The van der Waals surface area contributed by atoms with Gasteiger partial charge in [0.1, 0.15) is 48.8 Å². The fourth-order valence-electron chi connectivity index (χ4n) is 13.4. The molecule has 98 heavy (non-hydrogen) atoms. The summed E-state index contributed by atoms with van der Waals surface area (Å²) in [4.78, 5) is 13.4. The normalized spacial score (nSPS) is 22.4. The van der Waals surface area contributed by atoms with Gasteiger partial charge in [-0.25, -0.2) is 0 Å². The van der Waals surface area contributed by atoms with Crippen LogP contribution in [0.2, 0.25) is 0 Å². The molecule has 9 N–H and O–H groups in total. The Morgan fingerprint density at radius 2 is 0.714 bits per heavy atom.